The molecule has 98 valence electrons. The number of halogens is 1. The number of aromatic carboxylic acids is 1. The fraction of sp³-hybridized carbons (Fsp3) is 0.500. The van der Waals surface area contributed by atoms with Crippen molar-refractivity contribution in [3.05, 3.63) is 35.1 Å². The van der Waals surface area contributed by atoms with Gasteiger partial charge in [0.25, 0.3) is 0 Å². The van der Waals surface area contributed by atoms with Crippen LogP contribution in [0.1, 0.15) is 36.2 Å². The van der Waals surface area contributed by atoms with E-state index in [0.717, 1.165) is 25.6 Å². The molecule has 2 rings (SSSR count). The van der Waals surface area contributed by atoms with Crippen LogP contribution in [0.3, 0.4) is 0 Å². The summed E-state index contributed by atoms with van der Waals surface area (Å²) in [4.78, 5) is 13.3. The van der Waals surface area contributed by atoms with Crippen LogP contribution in [0.2, 0.25) is 0 Å². The monoisotopic (exact) mass is 251 g/mol. The zero-order chi connectivity index (χ0) is 13.3. The van der Waals surface area contributed by atoms with Gasteiger partial charge in [-0.25, -0.2) is 9.18 Å². The van der Waals surface area contributed by atoms with Crippen molar-refractivity contribution in [2.45, 2.75) is 26.8 Å². The second-order valence-electron chi connectivity index (χ2n) is 5.73. The highest BCUT2D eigenvalue weighted by atomic mass is 19.1. The highest BCUT2D eigenvalue weighted by Gasteiger charge is 2.29. The fourth-order valence-corrected chi connectivity index (χ4v) is 2.49. The molecule has 1 N–H and O–H groups in total. The molecule has 0 amide bonds. The van der Waals surface area contributed by atoms with Gasteiger partial charge < -0.3 is 5.11 Å². The Hall–Kier alpha value is -1.42. The molecule has 1 heterocycles. The van der Waals surface area contributed by atoms with E-state index in [1.165, 1.54) is 6.07 Å². The van der Waals surface area contributed by atoms with Crippen LogP contribution in [-0.4, -0.2) is 29.1 Å². The van der Waals surface area contributed by atoms with Crippen molar-refractivity contribution in [2.75, 3.05) is 13.1 Å². The summed E-state index contributed by atoms with van der Waals surface area (Å²) in [6.07, 6.45) is 1.11. The Morgan fingerprint density at radius 2 is 2.22 bits per heavy atom. The largest absolute Gasteiger partial charge is 0.478 e. The number of nitrogens with zero attached hydrogens (tertiary/aromatic N) is 1. The lowest BCUT2D eigenvalue weighted by atomic mass is 9.93. The van der Waals surface area contributed by atoms with Crippen molar-refractivity contribution in [1.82, 2.24) is 4.90 Å². The topological polar surface area (TPSA) is 40.5 Å². The van der Waals surface area contributed by atoms with Crippen molar-refractivity contribution in [3.63, 3.8) is 0 Å². The molecule has 0 unspecified atom stereocenters. The first-order valence-electron chi connectivity index (χ1n) is 6.11. The number of hydrogen-bond donors (Lipinski definition) is 1. The van der Waals surface area contributed by atoms with Crippen LogP contribution in [-0.2, 0) is 6.54 Å². The summed E-state index contributed by atoms with van der Waals surface area (Å²) < 4.78 is 13.1. The Kier molecular flexibility index (Phi) is 3.39. The van der Waals surface area contributed by atoms with Crippen molar-refractivity contribution in [3.8, 4) is 0 Å². The number of hydrogen-bond acceptors (Lipinski definition) is 2. The summed E-state index contributed by atoms with van der Waals surface area (Å²) in [6.45, 7) is 6.89. The van der Waals surface area contributed by atoms with Gasteiger partial charge in [0.1, 0.15) is 5.82 Å². The maximum absolute atomic E-state index is 13.1. The minimum atomic E-state index is -1.07. The molecule has 0 aromatic heterocycles. The van der Waals surface area contributed by atoms with E-state index in [1.807, 2.05) is 0 Å². The van der Waals surface area contributed by atoms with Crippen LogP contribution in [0.15, 0.2) is 18.2 Å². The predicted molar refractivity (Wildman–Crippen MR) is 67.0 cm³/mol. The molecular weight excluding hydrogens is 233 g/mol. The van der Waals surface area contributed by atoms with Gasteiger partial charge in [-0.2, -0.15) is 0 Å². The van der Waals surface area contributed by atoms with Crippen LogP contribution < -0.4 is 0 Å². The Bertz CT molecular complexity index is 471. The Morgan fingerprint density at radius 3 is 2.78 bits per heavy atom. The van der Waals surface area contributed by atoms with E-state index in [1.54, 1.807) is 6.07 Å². The lowest BCUT2D eigenvalue weighted by Gasteiger charge is -2.20. The first-order valence-corrected chi connectivity index (χ1v) is 6.11. The van der Waals surface area contributed by atoms with Crippen molar-refractivity contribution in [1.29, 1.82) is 0 Å². The third-order valence-corrected chi connectivity index (χ3v) is 3.45. The van der Waals surface area contributed by atoms with E-state index in [-0.39, 0.29) is 11.0 Å². The van der Waals surface area contributed by atoms with Gasteiger partial charge in [-0.15, -0.1) is 0 Å². The zero-order valence-electron chi connectivity index (χ0n) is 10.7. The molecule has 0 radical (unpaired) electrons. The number of likely N-dealkylation sites (tertiary alicyclic amines) is 1. The van der Waals surface area contributed by atoms with Crippen molar-refractivity contribution >= 4 is 5.97 Å². The first-order chi connectivity index (χ1) is 8.37. The molecular formula is C14H18FNO2. The quantitative estimate of drug-likeness (QED) is 0.898. The van der Waals surface area contributed by atoms with E-state index >= 15 is 0 Å². The molecule has 18 heavy (non-hydrogen) atoms. The molecule has 1 aliphatic heterocycles. The smallest absolute Gasteiger partial charge is 0.336 e. The highest BCUT2D eigenvalue weighted by molar-refractivity contribution is 5.89. The molecule has 1 aliphatic rings. The first kappa shape index (κ1) is 13.0. The number of carboxylic acids is 1. The Labute approximate surface area is 106 Å². The van der Waals surface area contributed by atoms with Crippen molar-refractivity contribution < 1.29 is 14.3 Å². The second kappa shape index (κ2) is 4.69. The summed E-state index contributed by atoms with van der Waals surface area (Å²) in [5.41, 5.74) is 1.03. The summed E-state index contributed by atoms with van der Waals surface area (Å²) in [5.74, 6) is -1.57. The van der Waals surface area contributed by atoms with Gasteiger partial charge in [-0.3, -0.25) is 4.90 Å². The van der Waals surface area contributed by atoms with Gasteiger partial charge in [0, 0.05) is 13.1 Å². The second-order valence-corrected chi connectivity index (χ2v) is 5.73. The molecule has 3 nitrogen and oxygen atoms in total. The standard InChI is InChI=1S/C14H18FNO2/c1-14(2)5-6-16(9-14)8-10-3-4-11(15)7-12(10)13(17)18/h3-4,7H,5-6,8-9H2,1-2H3,(H,17,18). The van der Waals surface area contributed by atoms with Crippen molar-refractivity contribution in [2.24, 2.45) is 5.41 Å². The molecule has 0 atom stereocenters. The van der Waals surface area contributed by atoms with E-state index in [9.17, 15) is 9.18 Å². The van der Waals surface area contributed by atoms with Gasteiger partial charge >= 0.3 is 5.97 Å². The SMILES string of the molecule is CC1(C)CCN(Cc2ccc(F)cc2C(=O)O)C1. The molecule has 0 bridgehead atoms. The third kappa shape index (κ3) is 2.88. The summed E-state index contributed by atoms with van der Waals surface area (Å²) >= 11 is 0. The lowest BCUT2D eigenvalue weighted by molar-refractivity contribution is 0.0694. The number of carboxylic acid groups (broad SMARTS) is 1. The van der Waals surface area contributed by atoms with Gasteiger partial charge in [0.05, 0.1) is 5.56 Å². The maximum Gasteiger partial charge on any atom is 0.336 e. The van der Waals surface area contributed by atoms with Crippen LogP contribution >= 0.6 is 0 Å². The van der Waals surface area contributed by atoms with Gasteiger partial charge in [-0.1, -0.05) is 19.9 Å². The fourth-order valence-electron chi connectivity index (χ4n) is 2.49. The Morgan fingerprint density at radius 1 is 1.50 bits per heavy atom. The lowest BCUT2D eigenvalue weighted by Crippen LogP contribution is -2.24. The summed E-state index contributed by atoms with van der Waals surface area (Å²) in [7, 11) is 0. The van der Waals surface area contributed by atoms with Crippen LogP contribution in [0.4, 0.5) is 4.39 Å². The van der Waals surface area contributed by atoms with Crippen LogP contribution in [0, 0.1) is 11.2 Å². The minimum Gasteiger partial charge on any atom is -0.478 e. The van der Waals surface area contributed by atoms with Gasteiger partial charge in [0.2, 0.25) is 0 Å². The molecule has 4 heteroatoms. The molecule has 1 aromatic carbocycles. The van der Waals surface area contributed by atoms with E-state index in [4.69, 9.17) is 5.11 Å². The predicted octanol–water partition coefficient (Wildman–Crippen LogP) is 2.76. The molecule has 1 fully saturated rings. The minimum absolute atomic E-state index is 0.0692. The molecule has 1 aromatic rings. The maximum atomic E-state index is 13.1. The average molecular weight is 251 g/mol. The van der Waals surface area contributed by atoms with Crippen LogP contribution in [0.5, 0.6) is 0 Å². The van der Waals surface area contributed by atoms with Gasteiger partial charge in [-0.05, 0) is 36.1 Å². The normalized spacial score (nSPS) is 19.1. The van der Waals surface area contributed by atoms with E-state index in [0.29, 0.717) is 12.1 Å². The Balaban J connectivity index is 2.17. The number of carbonyl (C=O) groups is 1. The zero-order valence-corrected chi connectivity index (χ0v) is 10.7. The molecule has 0 saturated carbocycles. The molecule has 1 saturated heterocycles. The number of benzene rings is 1. The molecule has 0 aliphatic carbocycles. The van der Waals surface area contributed by atoms with Crippen LogP contribution in [0.25, 0.3) is 0 Å². The highest BCUT2D eigenvalue weighted by Crippen LogP contribution is 2.30. The third-order valence-electron chi connectivity index (χ3n) is 3.45. The number of rotatable bonds is 3. The summed E-state index contributed by atoms with van der Waals surface area (Å²) in [5, 5.41) is 9.08. The van der Waals surface area contributed by atoms with Gasteiger partial charge in [0.15, 0.2) is 0 Å². The van der Waals surface area contributed by atoms with E-state index < -0.39 is 11.8 Å². The average Bonchev–Trinajstić information content (AvgIpc) is 2.60. The summed E-state index contributed by atoms with van der Waals surface area (Å²) in [6, 6.07) is 3.99. The molecule has 0 spiro atoms. The van der Waals surface area contributed by atoms with E-state index in [2.05, 4.69) is 18.7 Å².